The number of amides is 1. The van der Waals surface area contributed by atoms with Gasteiger partial charge in [-0.2, -0.15) is 0 Å². The van der Waals surface area contributed by atoms with E-state index >= 15 is 0 Å². The Hall–Kier alpha value is -1.66. The first-order valence-corrected chi connectivity index (χ1v) is 6.63. The lowest BCUT2D eigenvalue weighted by Gasteiger charge is -2.33. The molecule has 1 aromatic heterocycles. The zero-order valence-corrected chi connectivity index (χ0v) is 11.5. The lowest BCUT2D eigenvalue weighted by atomic mass is 9.80. The highest BCUT2D eigenvalue weighted by atomic mass is 35.5. The first-order chi connectivity index (χ1) is 9.53. The second-order valence-corrected chi connectivity index (χ2v) is 5.11. The fourth-order valence-corrected chi connectivity index (χ4v) is 2.27. The van der Waals surface area contributed by atoms with E-state index in [4.69, 9.17) is 16.3 Å². The Morgan fingerprint density at radius 3 is 2.70 bits per heavy atom. The van der Waals surface area contributed by atoms with Gasteiger partial charge in [-0.05, 0) is 25.0 Å². The molecule has 1 saturated heterocycles. The summed E-state index contributed by atoms with van der Waals surface area (Å²) in [5, 5.41) is 12.2. The monoisotopic (exact) mass is 298 g/mol. The van der Waals surface area contributed by atoms with Crippen LogP contribution in [0.1, 0.15) is 23.3 Å². The number of aromatic nitrogens is 1. The molecule has 0 saturated carbocycles. The molecule has 7 heteroatoms. The van der Waals surface area contributed by atoms with Crippen molar-refractivity contribution < 1.29 is 19.4 Å². The summed E-state index contributed by atoms with van der Waals surface area (Å²) in [4.78, 5) is 27.3. The van der Waals surface area contributed by atoms with E-state index in [9.17, 15) is 14.7 Å². The van der Waals surface area contributed by atoms with E-state index in [-0.39, 0.29) is 17.4 Å². The van der Waals surface area contributed by atoms with E-state index in [0.29, 0.717) is 26.1 Å². The molecule has 1 aromatic rings. The second kappa shape index (κ2) is 6.19. The van der Waals surface area contributed by atoms with Gasteiger partial charge < -0.3 is 15.2 Å². The summed E-state index contributed by atoms with van der Waals surface area (Å²) in [7, 11) is 0. The number of carboxylic acids is 1. The van der Waals surface area contributed by atoms with Crippen LogP contribution >= 0.6 is 11.6 Å². The van der Waals surface area contributed by atoms with Gasteiger partial charge in [0.1, 0.15) is 10.8 Å². The number of carboxylic acid groups (broad SMARTS) is 1. The lowest BCUT2D eigenvalue weighted by molar-refractivity contribution is -0.154. The van der Waals surface area contributed by atoms with E-state index in [1.54, 1.807) is 12.1 Å². The molecule has 0 spiro atoms. The van der Waals surface area contributed by atoms with E-state index < -0.39 is 17.3 Å². The smallest absolute Gasteiger partial charge is 0.311 e. The average molecular weight is 299 g/mol. The number of nitrogens with one attached hydrogen (secondary N) is 1. The molecule has 0 unspecified atom stereocenters. The highest BCUT2D eigenvalue weighted by molar-refractivity contribution is 6.29. The largest absolute Gasteiger partial charge is 0.481 e. The van der Waals surface area contributed by atoms with Crippen molar-refractivity contribution in [2.75, 3.05) is 19.8 Å². The molecule has 0 aromatic carbocycles. The van der Waals surface area contributed by atoms with Gasteiger partial charge in [-0.25, -0.2) is 4.98 Å². The van der Waals surface area contributed by atoms with Crippen LogP contribution < -0.4 is 5.32 Å². The standard InChI is InChI=1S/C13H15ClN2O4/c14-10-3-1-2-9(16-10)11(17)15-8-13(12(18)19)4-6-20-7-5-13/h1-3H,4-8H2,(H,15,17)(H,18,19). The van der Waals surface area contributed by atoms with Crippen LogP contribution in [0.3, 0.4) is 0 Å². The van der Waals surface area contributed by atoms with Gasteiger partial charge in [0.05, 0.1) is 5.41 Å². The average Bonchev–Trinajstić information content (AvgIpc) is 2.45. The predicted octanol–water partition coefficient (Wildman–Crippen LogP) is 1.35. The van der Waals surface area contributed by atoms with Crippen LogP contribution in [0.2, 0.25) is 5.15 Å². The third-order valence-corrected chi connectivity index (χ3v) is 3.65. The normalized spacial score (nSPS) is 17.4. The summed E-state index contributed by atoms with van der Waals surface area (Å²) >= 11 is 5.71. The molecule has 0 bridgehead atoms. The molecule has 2 N–H and O–H groups in total. The minimum absolute atomic E-state index is 0.0543. The number of pyridine rings is 1. The molecule has 1 fully saturated rings. The summed E-state index contributed by atoms with van der Waals surface area (Å²) in [5.74, 6) is -1.35. The van der Waals surface area contributed by atoms with Gasteiger partial charge in [-0.15, -0.1) is 0 Å². The molecule has 0 radical (unpaired) electrons. The van der Waals surface area contributed by atoms with Crippen LogP contribution in [0.25, 0.3) is 0 Å². The summed E-state index contributed by atoms with van der Waals surface area (Å²) in [5.41, 5.74) is -0.794. The molecular formula is C13H15ClN2O4. The van der Waals surface area contributed by atoms with Crippen molar-refractivity contribution in [1.29, 1.82) is 0 Å². The van der Waals surface area contributed by atoms with Gasteiger partial charge in [0.15, 0.2) is 0 Å². The Balaban J connectivity index is 2.02. The van der Waals surface area contributed by atoms with E-state index in [0.717, 1.165) is 0 Å². The van der Waals surface area contributed by atoms with Crippen molar-refractivity contribution >= 4 is 23.5 Å². The van der Waals surface area contributed by atoms with E-state index in [1.165, 1.54) is 6.07 Å². The van der Waals surface area contributed by atoms with Gasteiger partial charge in [-0.3, -0.25) is 9.59 Å². The third kappa shape index (κ3) is 3.26. The van der Waals surface area contributed by atoms with Crippen molar-refractivity contribution in [3.8, 4) is 0 Å². The molecule has 20 heavy (non-hydrogen) atoms. The van der Waals surface area contributed by atoms with Crippen LogP contribution in [0.4, 0.5) is 0 Å². The molecule has 6 nitrogen and oxygen atoms in total. The molecule has 108 valence electrons. The maximum atomic E-state index is 11.9. The summed E-state index contributed by atoms with van der Waals surface area (Å²) in [6.45, 7) is 0.827. The number of hydrogen-bond donors (Lipinski definition) is 2. The number of aliphatic carboxylic acids is 1. The Bertz CT molecular complexity index is 515. The summed E-state index contributed by atoms with van der Waals surface area (Å²) < 4.78 is 5.18. The highest BCUT2D eigenvalue weighted by Crippen LogP contribution is 2.30. The Labute approximate surface area is 121 Å². The molecule has 2 rings (SSSR count). The fourth-order valence-electron chi connectivity index (χ4n) is 2.10. The highest BCUT2D eigenvalue weighted by Gasteiger charge is 2.40. The first kappa shape index (κ1) is 14.7. The number of carbonyl (C=O) groups excluding carboxylic acids is 1. The SMILES string of the molecule is O=C(NCC1(C(=O)O)CCOCC1)c1cccc(Cl)n1. The quantitative estimate of drug-likeness (QED) is 0.819. The molecule has 0 aliphatic carbocycles. The molecule has 1 aliphatic heterocycles. The van der Waals surface area contributed by atoms with Crippen LogP contribution in [0.15, 0.2) is 18.2 Å². The number of rotatable bonds is 4. The maximum absolute atomic E-state index is 11.9. The predicted molar refractivity (Wildman–Crippen MR) is 71.7 cm³/mol. The van der Waals surface area contributed by atoms with Gasteiger partial charge in [0.2, 0.25) is 0 Å². The van der Waals surface area contributed by atoms with Crippen molar-refractivity contribution in [2.24, 2.45) is 5.41 Å². The van der Waals surface area contributed by atoms with Crippen LogP contribution in [-0.2, 0) is 9.53 Å². The topological polar surface area (TPSA) is 88.5 Å². The minimum atomic E-state index is -0.966. The van der Waals surface area contributed by atoms with Gasteiger partial charge >= 0.3 is 5.97 Å². The zero-order chi connectivity index (χ0) is 14.6. The van der Waals surface area contributed by atoms with Crippen molar-refractivity contribution in [2.45, 2.75) is 12.8 Å². The number of carbonyl (C=O) groups is 2. The summed E-state index contributed by atoms with van der Waals surface area (Å²) in [6.07, 6.45) is 0.761. The van der Waals surface area contributed by atoms with Crippen LogP contribution in [0, 0.1) is 5.41 Å². The first-order valence-electron chi connectivity index (χ1n) is 6.25. The molecular weight excluding hydrogens is 284 g/mol. The van der Waals surface area contributed by atoms with Gasteiger partial charge in [0, 0.05) is 19.8 Å². The number of ether oxygens (including phenoxy) is 1. The number of nitrogens with zero attached hydrogens (tertiary/aromatic N) is 1. The van der Waals surface area contributed by atoms with Gasteiger partial charge in [0.25, 0.3) is 5.91 Å². The zero-order valence-electron chi connectivity index (χ0n) is 10.8. The Morgan fingerprint density at radius 1 is 1.40 bits per heavy atom. The van der Waals surface area contributed by atoms with Crippen molar-refractivity contribution in [3.63, 3.8) is 0 Å². The van der Waals surface area contributed by atoms with E-state index in [1.807, 2.05) is 0 Å². The second-order valence-electron chi connectivity index (χ2n) is 4.73. The van der Waals surface area contributed by atoms with Crippen molar-refractivity contribution in [3.05, 3.63) is 29.0 Å². The van der Waals surface area contributed by atoms with Crippen molar-refractivity contribution in [1.82, 2.24) is 10.3 Å². The molecule has 1 amide bonds. The lowest BCUT2D eigenvalue weighted by Crippen LogP contribution is -2.46. The fraction of sp³-hybridized carbons (Fsp3) is 0.462. The van der Waals surface area contributed by atoms with Crippen LogP contribution in [-0.4, -0.2) is 41.7 Å². The molecule has 0 atom stereocenters. The third-order valence-electron chi connectivity index (χ3n) is 3.44. The maximum Gasteiger partial charge on any atom is 0.311 e. The Morgan fingerprint density at radius 2 is 2.10 bits per heavy atom. The number of hydrogen-bond acceptors (Lipinski definition) is 4. The van der Waals surface area contributed by atoms with E-state index in [2.05, 4.69) is 10.3 Å². The number of halogens is 1. The van der Waals surface area contributed by atoms with Crippen LogP contribution in [0.5, 0.6) is 0 Å². The minimum Gasteiger partial charge on any atom is -0.481 e. The summed E-state index contributed by atoms with van der Waals surface area (Å²) in [6, 6.07) is 4.71. The Kier molecular flexibility index (Phi) is 4.57. The molecule has 1 aliphatic rings. The van der Waals surface area contributed by atoms with Gasteiger partial charge in [-0.1, -0.05) is 17.7 Å². The molecule has 2 heterocycles.